The van der Waals surface area contributed by atoms with E-state index in [1.807, 2.05) is 30.3 Å². The minimum atomic E-state index is -2.36. The Morgan fingerprint density at radius 1 is 1.23 bits per heavy atom. The van der Waals surface area contributed by atoms with Crippen LogP contribution in [0.25, 0.3) is 0 Å². The molecule has 0 heterocycles. The first-order valence-corrected chi connectivity index (χ1v) is 5.46. The van der Waals surface area contributed by atoms with Crippen LogP contribution in [0, 0.1) is 0 Å². The van der Waals surface area contributed by atoms with E-state index in [0.29, 0.717) is 0 Å². The van der Waals surface area contributed by atoms with Crippen molar-refractivity contribution in [1.29, 1.82) is 0 Å². The maximum atomic E-state index is 12.2. The summed E-state index contributed by atoms with van der Waals surface area (Å²) in [6.07, 6.45) is 0. The number of hydrogen-bond donors (Lipinski definition) is 0. The summed E-state index contributed by atoms with van der Waals surface area (Å²) in [5, 5.41) is 0. The lowest BCUT2D eigenvalue weighted by atomic mass is 10.4. The number of benzene rings is 1. The van der Waals surface area contributed by atoms with Crippen LogP contribution in [-0.4, -0.2) is 29.7 Å². The number of rotatable bonds is 2. The van der Waals surface area contributed by atoms with Crippen molar-refractivity contribution in [2.75, 3.05) is 21.1 Å². The number of nitrogens with zero attached hydrogens (tertiary/aromatic N) is 2. The zero-order valence-electron chi connectivity index (χ0n) is 8.10. The molecule has 1 atom stereocenters. The van der Waals surface area contributed by atoms with Crippen molar-refractivity contribution >= 4 is 9.92 Å². The van der Waals surface area contributed by atoms with Crippen molar-refractivity contribution < 1.29 is 4.21 Å². The quantitative estimate of drug-likeness (QED) is 0.710. The summed E-state index contributed by atoms with van der Waals surface area (Å²) < 4.78 is 17.8. The second-order valence-electron chi connectivity index (χ2n) is 2.80. The fourth-order valence-electron chi connectivity index (χ4n) is 1.08. The second-order valence-corrected chi connectivity index (χ2v) is 5.36. The zero-order valence-corrected chi connectivity index (χ0v) is 8.91. The second kappa shape index (κ2) is 3.89. The molecule has 0 aliphatic carbocycles. The molecule has 0 aromatic heterocycles. The molecular formula is C9H14N2OS. The van der Waals surface area contributed by atoms with E-state index in [0.717, 1.165) is 4.90 Å². The topological polar surface area (TPSA) is 32.7 Å². The van der Waals surface area contributed by atoms with Crippen LogP contribution in [0.15, 0.2) is 39.6 Å². The first-order chi connectivity index (χ1) is 6.11. The average Bonchev–Trinajstić information content (AvgIpc) is 2.17. The first-order valence-electron chi connectivity index (χ1n) is 3.99. The standard InChI is InChI=1S/C9H14N2OS/c1-10-13(12,11(2)3)9-7-5-4-6-8-9/h4-8H,1-3H3. The lowest BCUT2D eigenvalue weighted by Crippen LogP contribution is -2.21. The molecule has 1 unspecified atom stereocenters. The van der Waals surface area contributed by atoms with Gasteiger partial charge in [0.25, 0.3) is 0 Å². The normalized spacial score (nSPS) is 15.4. The van der Waals surface area contributed by atoms with Gasteiger partial charge in [-0.05, 0) is 12.1 Å². The summed E-state index contributed by atoms with van der Waals surface area (Å²) in [6, 6.07) is 9.28. The highest BCUT2D eigenvalue weighted by Crippen LogP contribution is 2.14. The molecule has 4 heteroatoms. The smallest absolute Gasteiger partial charge is 0.139 e. The van der Waals surface area contributed by atoms with E-state index in [2.05, 4.69) is 4.36 Å². The molecule has 13 heavy (non-hydrogen) atoms. The van der Waals surface area contributed by atoms with Crippen LogP contribution >= 0.6 is 0 Å². The Morgan fingerprint density at radius 3 is 2.15 bits per heavy atom. The van der Waals surface area contributed by atoms with E-state index >= 15 is 0 Å². The van der Waals surface area contributed by atoms with E-state index in [-0.39, 0.29) is 0 Å². The summed E-state index contributed by atoms with van der Waals surface area (Å²) in [7, 11) is 2.75. The fourth-order valence-corrected chi connectivity index (χ4v) is 2.55. The highest BCUT2D eigenvalue weighted by Gasteiger charge is 2.12. The predicted molar refractivity (Wildman–Crippen MR) is 54.9 cm³/mol. The molecule has 0 saturated heterocycles. The van der Waals surface area contributed by atoms with Crippen LogP contribution < -0.4 is 0 Å². The third-order valence-corrected chi connectivity index (χ3v) is 4.16. The van der Waals surface area contributed by atoms with Crippen molar-refractivity contribution in [3.05, 3.63) is 30.3 Å². The van der Waals surface area contributed by atoms with Gasteiger partial charge in [-0.1, -0.05) is 18.2 Å². The molecule has 1 aromatic rings. The molecule has 0 aliphatic heterocycles. The minimum Gasteiger partial charge on any atom is -0.228 e. The minimum absolute atomic E-state index is 0.752. The Kier molecular flexibility index (Phi) is 3.06. The molecule has 0 radical (unpaired) electrons. The predicted octanol–water partition coefficient (Wildman–Crippen LogP) is 1.62. The Balaban J connectivity index is 3.29. The molecule has 72 valence electrons. The van der Waals surface area contributed by atoms with Crippen LogP contribution in [0.3, 0.4) is 0 Å². The monoisotopic (exact) mass is 198 g/mol. The molecule has 0 fully saturated rings. The van der Waals surface area contributed by atoms with Crippen molar-refractivity contribution in [1.82, 2.24) is 4.31 Å². The molecule has 0 spiro atoms. The summed E-state index contributed by atoms with van der Waals surface area (Å²) in [5.74, 6) is 0. The largest absolute Gasteiger partial charge is 0.228 e. The Labute approximate surface area is 79.7 Å². The fraction of sp³-hybridized carbons (Fsp3) is 0.333. The molecule has 0 amide bonds. The van der Waals surface area contributed by atoms with Gasteiger partial charge in [0, 0.05) is 21.1 Å². The highest BCUT2D eigenvalue weighted by molar-refractivity contribution is 7.91. The third kappa shape index (κ3) is 1.89. The summed E-state index contributed by atoms with van der Waals surface area (Å²) >= 11 is 0. The van der Waals surface area contributed by atoms with E-state index in [1.54, 1.807) is 25.4 Å². The van der Waals surface area contributed by atoms with Gasteiger partial charge in [-0.3, -0.25) is 0 Å². The Morgan fingerprint density at radius 2 is 1.77 bits per heavy atom. The molecule has 1 aromatic carbocycles. The van der Waals surface area contributed by atoms with Gasteiger partial charge in [0.05, 0.1) is 4.90 Å². The van der Waals surface area contributed by atoms with Crippen LogP contribution in [-0.2, 0) is 9.92 Å². The summed E-state index contributed by atoms with van der Waals surface area (Å²) in [5.41, 5.74) is 0. The molecule has 3 nitrogen and oxygen atoms in total. The maximum absolute atomic E-state index is 12.2. The first kappa shape index (κ1) is 10.2. The SMILES string of the molecule is CN=S(=O)(c1ccccc1)N(C)C. The average molecular weight is 198 g/mol. The van der Waals surface area contributed by atoms with Crippen molar-refractivity contribution in [2.24, 2.45) is 4.36 Å². The Hall–Kier alpha value is -0.870. The summed E-state index contributed by atoms with van der Waals surface area (Å²) in [4.78, 5) is 0.752. The number of hydrogen-bond acceptors (Lipinski definition) is 2. The van der Waals surface area contributed by atoms with Crippen LogP contribution in [0.5, 0.6) is 0 Å². The van der Waals surface area contributed by atoms with Gasteiger partial charge in [-0.2, -0.15) is 0 Å². The van der Waals surface area contributed by atoms with Gasteiger partial charge >= 0.3 is 0 Å². The molecule has 0 aliphatic rings. The molecule has 1 rings (SSSR count). The van der Waals surface area contributed by atoms with E-state index in [4.69, 9.17) is 0 Å². The van der Waals surface area contributed by atoms with Crippen LogP contribution in [0.1, 0.15) is 0 Å². The van der Waals surface area contributed by atoms with Gasteiger partial charge in [0.2, 0.25) is 0 Å². The van der Waals surface area contributed by atoms with Crippen molar-refractivity contribution in [3.8, 4) is 0 Å². The Bertz CT molecular complexity index is 378. The molecule has 0 saturated carbocycles. The van der Waals surface area contributed by atoms with E-state index < -0.39 is 9.92 Å². The summed E-state index contributed by atoms with van der Waals surface area (Å²) in [6.45, 7) is 0. The van der Waals surface area contributed by atoms with Gasteiger partial charge < -0.3 is 0 Å². The molecular weight excluding hydrogens is 184 g/mol. The maximum Gasteiger partial charge on any atom is 0.139 e. The van der Waals surface area contributed by atoms with Gasteiger partial charge in [-0.25, -0.2) is 12.9 Å². The van der Waals surface area contributed by atoms with E-state index in [1.165, 1.54) is 0 Å². The lowest BCUT2D eigenvalue weighted by Gasteiger charge is -2.16. The van der Waals surface area contributed by atoms with Gasteiger partial charge in [0.15, 0.2) is 0 Å². The van der Waals surface area contributed by atoms with Crippen molar-refractivity contribution in [2.45, 2.75) is 4.90 Å². The molecule has 0 N–H and O–H groups in total. The van der Waals surface area contributed by atoms with Crippen molar-refractivity contribution in [3.63, 3.8) is 0 Å². The molecule has 0 bridgehead atoms. The van der Waals surface area contributed by atoms with Crippen LogP contribution in [0.2, 0.25) is 0 Å². The lowest BCUT2D eigenvalue weighted by molar-refractivity contribution is 0.591. The van der Waals surface area contributed by atoms with Crippen LogP contribution in [0.4, 0.5) is 0 Å². The van der Waals surface area contributed by atoms with E-state index in [9.17, 15) is 4.21 Å². The van der Waals surface area contributed by atoms with Gasteiger partial charge in [-0.15, -0.1) is 0 Å². The zero-order chi connectivity index (χ0) is 9.90. The van der Waals surface area contributed by atoms with Gasteiger partial charge in [0.1, 0.15) is 9.92 Å². The third-order valence-electron chi connectivity index (χ3n) is 1.79. The highest BCUT2D eigenvalue weighted by atomic mass is 32.2.